The molecule has 2 heterocycles. The van der Waals surface area contributed by atoms with E-state index in [0.29, 0.717) is 0 Å². The molecule has 0 radical (unpaired) electrons. The van der Waals surface area contributed by atoms with E-state index in [9.17, 15) is 26.3 Å². The normalized spacial score (nSPS) is 12.0. The second kappa shape index (κ2) is 16.0. The molecule has 0 aliphatic rings. The number of hydrogen-bond acceptors (Lipinski definition) is 0. The molecule has 2 aromatic heterocycles. The van der Waals surface area contributed by atoms with Crippen LogP contribution in [-0.2, 0) is 0 Å². The van der Waals surface area contributed by atoms with E-state index in [0.717, 1.165) is 103 Å². The predicted molar refractivity (Wildman–Crippen MR) is 222 cm³/mol. The van der Waals surface area contributed by atoms with Gasteiger partial charge in [-0.05, 0) is 0 Å². The van der Waals surface area contributed by atoms with Crippen LogP contribution in [0.25, 0.3) is 77.2 Å². The maximum absolute atomic E-state index is 16.0. The summed E-state index contributed by atoms with van der Waals surface area (Å²) in [7, 11) is 0. The summed E-state index contributed by atoms with van der Waals surface area (Å²) < 4.78 is 241. The Bertz CT molecular complexity index is 3300. The van der Waals surface area contributed by atoms with Gasteiger partial charge >= 0.3 is 400 Å². The van der Waals surface area contributed by atoms with Gasteiger partial charge in [0.25, 0.3) is 0 Å². The number of halogens is 18. The predicted octanol–water partition coefficient (Wildman–Crippen LogP) is 12.2. The van der Waals surface area contributed by atoms with Gasteiger partial charge in [-0.15, -0.1) is 0 Å². The van der Waals surface area contributed by atoms with Crippen LogP contribution in [-0.4, -0.2) is 60.7 Å². The van der Waals surface area contributed by atoms with E-state index in [-0.39, 0.29) is 43.6 Å². The fraction of sp³-hybridized carbons (Fsp3) is 0. The summed E-state index contributed by atoms with van der Waals surface area (Å²) in [6.45, 7) is 0. The molecule has 9 rings (SSSR count). The molecule has 9 aromatic rings. The Balaban J connectivity index is 1.52. The Hall–Kier alpha value is -3.68. The van der Waals surface area contributed by atoms with Gasteiger partial charge in [0.05, 0.1) is 0 Å². The molecule has 0 N–H and O–H groups in total. The Kier molecular flexibility index (Phi) is 11.4. The first-order chi connectivity index (χ1) is 30.1. The molecular formula is C42H8F16I2N2Tl2. The van der Waals surface area contributed by atoms with Gasteiger partial charge in [-0.25, -0.2) is 8.78 Å². The van der Waals surface area contributed by atoms with E-state index in [4.69, 9.17) is 0 Å². The molecule has 64 heavy (non-hydrogen) atoms. The zero-order valence-electron chi connectivity index (χ0n) is 30.5. The molecule has 0 spiro atoms. The van der Waals surface area contributed by atoms with Gasteiger partial charge in [-0.2, -0.15) is 0 Å². The summed E-state index contributed by atoms with van der Waals surface area (Å²) in [5, 5.41) is -0.756. The molecule has 0 saturated carbocycles. The maximum atomic E-state index is 16.0. The molecule has 0 unspecified atom stereocenters. The van der Waals surface area contributed by atoms with Crippen molar-refractivity contribution in [2.75, 3.05) is 0 Å². The second-order valence-electron chi connectivity index (χ2n) is 13.9. The minimum absolute atomic E-state index is 0.176. The number of fused-ring (bicyclic) bond motifs is 6. The molecular weight excluding hydrogens is 1500 g/mol. The number of hydrogen-bond donors (Lipinski definition) is 0. The molecule has 0 amide bonds. The molecule has 0 bridgehead atoms. The summed E-state index contributed by atoms with van der Waals surface area (Å²) in [5.41, 5.74) is -6.31. The van der Waals surface area contributed by atoms with Crippen LogP contribution in [0.5, 0.6) is 0 Å². The summed E-state index contributed by atoms with van der Waals surface area (Å²) >= 11 is 0.915. The summed E-state index contributed by atoms with van der Waals surface area (Å²) in [6.07, 6.45) is 0. The van der Waals surface area contributed by atoms with Gasteiger partial charge in [0, 0.05) is 0 Å². The van der Waals surface area contributed by atoms with Crippen LogP contribution >= 0.6 is 45.2 Å². The average Bonchev–Trinajstić information content (AvgIpc) is 3.76. The first-order valence-electron chi connectivity index (χ1n) is 17.5. The average molecular weight is 1510 g/mol. The number of aromatic nitrogens is 2. The summed E-state index contributed by atoms with van der Waals surface area (Å²) in [4.78, 5) is 0. The van der Waals surface area contributed by atoms with Crippen molar-refractivity contribution >= 4 is 147 Å². The third-order valence-electron chi connectivity index (χ3n) is 10.6. The molecule has 0 aliphatic heterocycles. The molecule has 7 aromatic carbocycles. The van der Waals surface area contributed by atoms with Crippen LogP contribution in [0.15, 0.2) is 48.5 Å². The van der Waals surface area contributed by atoms with E-state index in [1.165, 1.54) is 0 Å². The molecule has 318 valence electrons. The van der Waals surface area contributed by atoms with Gasteiger partial charge in [0.1, 0.15) is 0 Å². The van der Waals surface area contributed by atoms with Crippen molar-refractivity contribution in [1.82, 2.24) is 9.13 Å². The van der Waals surface area contributed by atoms with E-state index >= 15 is 43.9 Å². The number of rotatable bonds is 4. The van der Waals surface area contributed by atoms with E-state index in [1.807, 2.05) is 0 Å². The molecule has 0 fully saturated rings. The SMILES string of the molecule is Fc1c(F)c(F)c(-n2c3ccc(-c4c(F)c(F)c(F)[c]([Tl])c4F)cc3c3cc4c5cc(-c6c(F)c(F)c(F)[c]([Tl])c6F)ccc5n(-c5c(F)c(F)c(F)c(F)c5I)c4cc32)c(I)c1F. The Labute approximate surface area is 404 Å². The van der Waals surface area contributed by atoms with Crippen molar-refractivity contribution in [3.8, 4) is 33.6 Å². The first-order valence-corrected chi connectivity index (χ1v) is 24.1. The van der Waals surface area contributed by atoms with Crippen molar-refractivity contribution in [1.29, 1.82) is 0 Å². The fourth-order valence-electron chi connectivity index (χ4n) is 7.71. The molecule has 0 aliphatic carbocycles. The van der Waals surface area contributed by atoms with Crippen LogP contribution < -0.4 is 6.25 Å². The Morgan fingerprint density at radius 2 is 0.625 bits per heavy atom. The van der Waals surface area contributed by atoms with Crippen molar-refractivity contribution in [2.45, 2.75) is 0 Å². The van der Waals surface area contributed by atoms with Gasteiger partial charge < -0.3 is 0 Å². The van der Waals surface area contributed by atoms with Crippen molar-refractivity contribution in [3.63, 3.8) is 0 Å². The van der Waals surface area contributed by atoms with Crippen LogP contribution in [0.1, 0.15) is 0 Å². The van der Waals surface area contributed by atoms with Crippen molar-refractivity contribution in [3.05, 3.63) is 149 Å². The molecule has 0 atom stereocenters. The standard InChI is InChI=1S/C42H8F16I2N2.2Tl/c43-17-8-19(45)27(47)29(49)25(17)11-1-3-21-13(5-11)15-7-16-14-6-12(26-18(44)9-20(46)28(48)30(26)50)2-4-22(14)62(42-38(58)34(54)32(52)36(56)40(42)60)24(16)10-23(15)61(21)41-37(57)33(53)31(51)35(55)39(41)59;;/h1-7,10H;;. The van der Waals surface area contributed by atoms with E-state index < -0.39 is 192 Å². The molecule has 2 nitrogen and oxygen atoms in total. The zero-order chi connectivity index (χ0) is 46.4. The number of benzene rings is 7. The third kappa shape index (κ3) is 6.31. The van der Waals surface area contributed by atoms with Crippen molar-refractivity contribution < 1.29 is 70.2 Å². The number of nitrogens with zero attached hydrogens (tertiary/aromatic N) is 2. The quantitative estimate of drug-likeness (QED) is 0.0546. The van der Waals surface area contributed by atoms with Gasteiger partial charge in [0.15, 0.2) is 0 Å². The van der Waals surface area contributed by atoms with Crippen LogP contribution in [0, 0.1) is 100 Å². The monoisotopic (exact) mass is 1510 g/mol. The topological polar surface area (TPSA) is 9.86 Å². The van der Waals surface area contributed by atoms with Gasteiger partial charge in [-0.1, -0.05) is 0 Å². The molecule has 22 heteroatoms. The van der Waals surface area contributed by atoms with Crippen LogP contribution in [0.4, 0.5) is 70.2 Å². The summed E-state index contributed by atoms with van der Waals surface area (Å²) in [5.74, 6) is -31.1. The fourth-order valence-corrected chi connectivity index (χ4v) is 11.3. The Morgan fingerprint density at radius 1 is 0.312 bits per heavy atom. The van der Waals surface area contributed by atoms with E-state index in [2.05, 4.69) is 0 Å². The zero-order valence-corrected chi connectivity index (χ0v) is 43.8. The first kappa shape index (κ1) is 45.5. The molecule has 0 saturated heterocycles. The van der Waals surface area contributed by atoms with Gasteiger partial charge in [0.2, 0.25) is 0 Å². The summed E-state index contributed by atoms with van der Waals surface area (Å²) in [6, 6.07) is 8.16. The Morgan fingerprint density at radius 3 is 0.984 bits per heavy atom. The minimum atomic E-state index is -2.29. The van der Waals surface area contributed by atoms with Crippen LogP contribution in [0.3, 0.4) is 0 Å². The van der Waals surface area contributed by atoms with Gasteiger partial charge in [-0.3, -0.25) is 0 Å². The third-order valence-corrected chi connectivity index (χ3v) is 16.6. The van der Waals surface area contributed by atoms with Crippen molar-refractivity contribution in [2.24, 2.45) is 0 Å². The van der Waals surface area contributed by atoms with E-state index in [1.54, 1.807) is 0 Å². The second-order valence-corrected chi connectivity index (χ2v) is 20.6. The van der Waals surface area contributed by atoms with Crippen LogP contribution in [0.2, 0.25) is 0 Å².